The molecular weight excluding hydrogens is 372 g/mol. The van der Waals surface area contributed by atoms with Crippen LogP contribution in [0.4, 0.5) is 0 Å². The Labute approximate surface area is 166 Å². The molecule has 0 atom stereocenters. The molecule has 29 heavy (non-hydrogen) atoms. The topological polar surface area (TPSA) is 107 Å². The number of nitrogens with zero attached hydrogens (tertiary/aromatic N) is 5. The van der Waals surface area contributed by atoms with Crippen molar-refractivity contribution in [1.29, 1.82) is 0 Å². The van der Waals surface area contributed by atoms with Crippen LogP contribution >= 0.6 is 0 Å². The van der Waals surface area contributed by atoms with E-state index < -0.39 is 0 Å². The zero-order valence-electron chi connectivity index (χ0n) is 16.1. The van der Waals surface area contributed by atoms with Gasteiger partial charge in [0.2, 0.25) is 5.91 Å². The third-order valence-corrected chi connectivity index (χ3v) is 4.45. The standard InChI is InChI=1S/C20H20N6O3/c1-3-16-22-20(29-25-16)14-7-8-26-17(11-14)23-24-18(26)12-21-19(27)10-13-5-4-6-15(9-13)28-2/h4-9,11H,3,10,12H2,1-2H3,(H,21,27). The molecule has 3 aromatic heterocycles. The summed E-state index contributed by atoms with van der Waals surface area (Å²) in [4.78, 5) is 16.6. The summed E-state index contributed by atoms with van der Waals surface area (Å²) in [5, 5.41) is 15.1. The van der Waals surface area contributed by atoms with E-state index in [1.54, 1.807) is 7.11 Å². The van der Waals surface area contributed by atoms with E-state index in [2.05, 4.69) is 25.7 Å². The minimum Gasteiger partial charge on any atom is -0.497 e. The summed E-state index contributed by atoms with van der Waals surface area (Å²) in [6.07, 6.45) is 2.79. The van der Waals surface area contributed by atoms with Crippen LogP contribution in [0.1, 0.15) is 24.1 Å². The fourth-order valence-corrected chi connectivity index (χ4v) is 2.92. The molecule has 0 unspecified atom stereocenters. The van der Waals surface area contributed by atoms with Crippen molar-refractivity contribution in [2.75, 3.05) is 7.11 Å². The largest absolute Gasteiger partial charge is 0.497 e. The monoisotopic (exact) mass is 392 g/mol. The second kappa shape index (κ2) is 8.09. The highest BCUT2D eigenvalue weighted by molar-refractivity contribution is 5.78. The molecule has 4 rings (SSSR count). The first-order chi connectivity index (χ1) is 14.2. The number of rotatable bonds is 7. The number of benzene rings is 1. The van der Waals surface area contributed by atoms with E-state index in [1.165, 1.54) is 0 Å². The van der Waals surface area contributed by atoms with Crippen LogP contribution in [-0.4, -0.2) is 37.8 Å². The zero-order chi connectivity index (χ0) is 20.2. The molecule has 0 radical (unpaired) electrons. The molecule has 0 aliphatic rings. The highest BCUT2D eigenvalue weighted by atomic mass is 16.5. The van der Waals surface area contributed by atoms with Gasteiger partial charge in [0.15, 0.2) is 17.3 Å². The van der Waals surface area contributed by atoms with Gasteiger partial charge in [0.25, 0.3) is 5.89 Å². The lowest BCUT2D eigenvalue weighted by Crippen LogP contribution is -2.25. The zero-order valence-corrected chi connectivity index (χ0v) is 16.1. The lowest BCUT2D eigenvalue weighted by Gasteiger charge is -2.06. The summed E-state index contributed by atoms with van der Waals surface area (Å²) in [5.41, 5.74) is 2.28. The molecular formula is C20H20N6O3. The Bertz CT molecular complexity index is 1150. The number of methoxy groups -OCH3 is 1. The number of aromatic nitrogens is 5. The number of hydrogen-bond acceptors (Lipinski definition) is 7. The predicted octanol–water partition coefficient (Wildman–Crippen LogP) is 2.21. The number of nitrogens with one attached hydrogen (secondary N) is 1. The van der Waals surface area contributed by atoms with Crippen molar-refractivity contribution in [2.45, 2.75) is 26.3 Å². The number of ether oxygens (including phenoxy) is 1. The molecule has 0 bridgehead atoms. The van der Waals surface area contributed by atoms with E-state index in [0.717, 1.165) is 16.9 Å². The number of hydrogen-bond donors (Lipinski definition) is 1. The van der Waals surface area contributed by atoms with Crippen LogP contribution in [0.25, 0.3) is 17.1 Å². The summed E-state index contributed by atoms with van der Waals surface area (Å²) in [7, 11) is 1.60. The van der Waals surface area contributed by atoms with Gasteiger partial charge < -0.3 is 14.6 Å². The Hall–Kier alpha value is -3.75. The maximum absolute atomic E-state index is 12.3. The summed E-state index contributed by atoms with van der Waals surface area (Å²) < 4.78 is 12.3. The molecule has 3 heterocycles. The lowest BCUT2D eigenvalue weighted by molar-refractivity contribution is -0.120. The predicted molar refractivity (Wildman–Crippen MR) is 104 cm³/mol. The van der Waals surface area contributed by atoms with E-state index in [0.29, 0.717) is 29.6 Å². The molecule has 0 saturated heterocycles. The van der Waals surface area contributed by atoms with E-state index in [4.69, 9.17) is 9.26 Å². The molecule has 4 aromatic rings. The average molecular weight is 392 g/mol. The fraction of sp³-hybridized carbons (Fsp3) is 0.250. The minimum absolute atomic E-state index is 0.107. The van der Waals surface area contributed by atoms with Crippen molar-refractivity contribution in [3.8, 4) is 17.2 Å². The third-order valence-electron chi connectivity index (χ3n) is 4.45. The number of fused-ring (bicyclic) bond motifs is 1. The molecule has 9 nitrogen and oxygen atoms in total. The highest BCUT2D eigenvalue weighted by Crippen LogP contribution is 2.19. The summed E-state index contributed by atoms with van der Waals surface area (Å²) in [6, 6.07) is 11.1. The number of aryl methyl sites for hydroxylation is 1. The van der Waals surface area contributed by atoms with Gasteiger partial charge in [-0.1, -0.05) is 24.2 Å². The van der Waals surface area contributed by atoms with E-state index in [1.807, 2.05) is 53.9 Å². The van der Waals surface area contributed by atoms with Crippen molar-refractivity contribution < 1.29 is 14.1 Å². The first-order valence-corrected chi connectivity index (χ1v) is 9.22. The molecule has 0 saturated carbocycles. The van der Waals surface area contributed by atoms with E-state index in [-0.39, 0.29) is 18.9 Å². The smallest absolute Gasteiger partial charge is 0.258 e. The van der Waals surface area contributed by atoms with Gasteiger partial charge in [-0.2, -0.15) is 4.98 Å². The Morgan fingerprint density at radius 2 is 2.14 bits per heavy atom. The quantitative estimate of drug-likeness (QED) is 0.514. The van der Waals surface area contributed by atoms with Crippen molar-refractivity contribution in [3.63, 3.8) is 0 Å². The second-order valence-electron chi connectivity index (χ2n) is 6.43. The second-order valence-corrected chi connectivity index (χ2v) is 6.43. The van der Waals surface area contributed by atoms with Crippen molar-refractivity contribution in [2.24, 2.45) is 0 Å². The summed E-state index contributed by atoms with van der Waals surface area (Å²) in [5.74, 6) is 2.35. The Morgan fingerprint density at radius 1 is 1.24 bits per heavy atom. The summed E-state index contributed by atoms with van der Waals surface area (Å²) in [6.45, 7) is 2.23. The molecule has 1 aromatic carbocycles. The van der Waals surface area contributed by atoms with Crippen LogP contribution in [0, 0.1) is 0 Å². The van der Waals surface area contributed by atoms with Gasteiger partial charge in [0.1, 0.15) is 5.75 Å². The fourth-order valence-electron chi connectivity index (χ4n) is 2.92. The van der Waals surface area contributed by atoms with E-state index >= 15 is 0 Å². The van der Waals surface area contributed by atoms with Crippen LogP contribution in [0.5, 0.6) is 5.75 Å². The number of carbonyl (C=O) groups excluding carboxylic acids is 1. The van der Waals surface area contributed by atoms with E-state index in [9.17, 15) is 4.79 Å². The lowest BCUT2D eigenvalue weighted by atomic mass is 10.1. The molecule has 9 heteroatoms. The number of carbonyl (C=O) groups is 1. The van der Waals surface area contributed by atoms with Gasteiger partial charge in [-0.05, 0) is 29.8 Å². The Morgan fingerprint density at radius 3 is 2.93 bits per heavy atom. The molecule has 148 valence electrons. The molecule has 1 N–H and O–H groups in total. The average Bonchev–Trinajstić information content (AvgIpc) is 3.39. The van der Waals surface area contributed by atoms with Crippen molar-refractivity contribution in [1.82, 2.24) is 30.1 Å². The Balaban J connectivity index is 1.43. The first kappa shape index (κ1) is 18.6. The van der Waals surface area contributed by atoms with Crippen molar-refractivity contribution >= 4 is 11.6 Å². The summed E-state index contributed by atoms with van der Waals surface area (Å²) >= 11 is 0. The molecule has 0 aliphatic heterocycles. The molecule has 1 amide bonds. The third kappa shape index (κ3) is 4.08. The van der Waals surface area contributed by atoms with Gasteiger partial charge in [-0.25, -0.2) is 0 Å². The normalized spacial score (nSPS) is 11.0. The van der Waals surface area contributed by atoms with Gasteiger partial charge in [-0.15, -0.1) is 10.2 Å². The maximum atomic E-state index is 12.3. The van der Waals surface area contributed by atoms with Crippen LogP contribution < -0.4 is 10.1 Å². The minimum atomic E-state index is -0.107. The van der Waals surface area contributed by atoms with Gasteiger partial charge >= 0.3 is 0 Å². The SMILES string of the molecule is CCc1noc(-c2ccn3c(CNC(=O)Cc4cccc(OC)c4)nnc3c2)n1. The Kier molecular flexibility index (Phi) is 5.19. The molecule has 0 aliphatic carbocycles. The van der Waals surface area contributed by atoms with Crippen molar-refractivity contribution in [3.05, 3.63) is 59.8 Å². The van der Waals surface area contributed by atoms with Crippen LogP contribution in [-0.2, 0) is 24.2 Å². The van der Waals surface area contributed by atoms with Gasteiger partial charge in [0.05, 0.1) is 20.1 Å². The first-order valence-electron chi connectivity index (χ1n) is 9.22. The number of pyridine rings is 1. The van der Waals surface area contributed by atoms with Crippen LogP contribution in [0.2, 0.25) is 0 Å². The maximum Gasteiger partial charge on any atom is 0.258 e. The van der Waals surface area contributed by atoms with Crippen LogP contribution in [0.3, 0.4) is 0 Å². The molecule has 0 fully saturated rings. The highest BCUT2D eigenvalue weighted by Gasteiger charge is 2.12. The van der Waals surface area contributed by atoms with Crippen LogP contribution in [0.15, 0.2) is 47.1 Å². The molecule has 0 spiro atoms. The van der Waals surface area contributed by atoms with Gasteiger partial charge in [-0.3, -0.25) is 9.20 Å². The number of amides is 1. The van der Waals surface area contributed by atoms with Gasteiger partial charge in [0, 0.05) is 18.2 Å².